The highest BCUT2D eigenvalue weighted by Crippen LogP contribution is 2.32. The lowest BCUT2D eigenvalue weighted by molar-refractivity contribution is -0.462. The molecule has 0 fully saturated rings. The highest BCUT2D eigenvalue weighted by Gasteiger charge is 2.14. The Labute approximate surface area is 182 Å². The maximum Gasteiger partial charge on any atom is 0.199 e. The first-order valence-corrected chi connectivity index (χ1v) is 10.7. The van der Waals surface area contributed by atoms with Crippen molar-refractivity contribution < 1.29 is 4.58 Å². The van der Waals surface area contributed by atoms with Gasteiger partial charge in [0.05, 0.1) is 0 Å². The molecule has 3 heteroatoms. The van der Waals surface area contributed by atoms with E-state index in [1.54, 1.807) is 0 Å². The van der Waals surface area contributed by atoms with Crippen molar-refractivity contribution in [2.24, 2.45) is 0 Å². The summed E-state index contributed by atoms with van der Waals surface area (Å²) in [5, 5.41) is 0. The number of allylic oxidation sites excluding steroid dienone is 5. The fourth-order valence-electron chi connectivity index (χ4n) is 3.78. The highest BCUT2D eigenvalue weighted by atomic mass is 15.1. The minimum Gasteiger partial charge on any atom is -0.378 e. The quantitative estimate of drug-likeness (QED) is 0.614. The monoisotopic (exact) mass is 400 g/mol. The predicted octanol–water partition coefficient (Wildman–Crippen LogP) is 5.24. The summed E-state index contributed by atoms with van der Waals surface area (Å²) in [5.41, 5.74) is 8.64. The molecule has 0 heterocycles. The Morgan fingerprint density at radius 3 is 1.57 bits per heavy atom. The van der Waals surface area contributed by atoms with Gasteiger partial charge in [-0.2, -0.15) is 0 Å². The highest BCUT2D eigenvalue weighted by molar-refractivity contribution is 6.04. The number of anilines is 2. The van der Waals surface area contributed by atoms with Crippen LogP contribution in [-0.2, 0) is 0 Å². The smallest absolute Gasteiger partial charge is 0.199 e. The van der Waals surface area contributed by atoms with Crippen LogP contribution in [0.5, 0.6) is 0 Å². The second kappa shape index (κ2) is 9.62. The zero-order valence-electron chi connectivity index (χ0n) is 19.2. The molecule has 30 heavy (non-hydrogen) atoms. The molecule has 0 saturated carbocycles. The van der Waals surface area contributed by atoms with Crippen molar-refractivity contribution in [2.75, 3.05) is 51.1 Å². The van der Waals surface area contributed by atoms with Gasteiger partial charge in [0, 0.05) is 50.7 Å². The second-order valence-electron chi connectivity index (χ2n) is 7.98. The standard InChI is InChI=1S/C27H34N3/c1-7-30(8-2)26-19-13-23(14-20-26)27(21-9-15-24(16-10-21)28(3)4)22-11-17-25(18-12-22)29(5)6/h9-20H,7-8H2,1-6H3/q+1. The summed E-state index contributed by atoms with van der Waals surface area (Å²) in [7, 11) is 8.30. The summed E-state index contributed by atoms with van der Waals surface area (Å²) in [5.74, 6) is 0. The third kappa shape index (κ3) is 4.73. The molecule has 0 aromatic heterocycles. The van der Waals surface area contributed by atoms with Crippen LogP contribution in [0.1, 0.15) is 25.0 Å². The van der Waals surface area contributed by atoms with E-state index < -0.39 is 0 Å². The van der Waals surface area contributed by atoms with E-state index in [1.165, 1.54) is 39.4 Å². The van der Waals surface area contributed by atoms with Crippen molar-refractivity contribution in [3.8, 4) is 0 Å². The van der Waals surface area contributed by atoms with E-state index in [4.69, 9.17) is 0 Å². The van der Waals surface area contributed by atoms with Crippen LogP contribution in [0.2, 0.25) is 0 Å². The Hall–Kier alpha value is -3.07. The first-order valence-electron chi connectivity index (χ1n) is 10.7. The van der Waals surface area contributed by atoms with Gasteiger partial charge in [0.2, 0.25) is 0 Å². The number of rotatable bonds is 6. The predicted molar refractivity (Wildman–Crippen MR) is 132 cm³/mol. The number of hydrogen-bond donors (Lipinski definition) is 0. The fraction of sp³-hybridized carbons (Fsp3) is 0.296. The summed E-state index contributed by atoms with van der Waals surface area (Å²) < 4.78 is 2.13. The summed E-state index contributed by atoms with van der Waals surface area (Å²) >= 11 is 0. The topological polar surface area (TPSA) is 9.49 Å². The van der Waals surface area contributed by atoms with Crippen molar-refractivity contribution in [3.63, 3.8) is 0 Å². The van der Waals surface area contributed by atoms with Gasteiger partial charge in [-0.1, -0.05) is 24.3 Å². The van der Waals surface area contributed by atoms with E-state index in [-0.39, 0.29) is 0 Å². The second-order valence-corrected chi connectivity index (χ2v) is 7.98. The largest absolute Gasteiger partial charge is 0.378 e. The van der Waals surface area contributed by atoms with E-state index in [0.717, 1.165) is 13.1 Å². The zero-order valence-corrected chi connectivity index (χ0v) is 19.2. The molecule has 0 N–H and O–H groups in total. The molecule has 156 valence electrons. The minimum atomic E-state index is 1.02. The third-order valence-electron chi connectivity index (χ3n) is 5.63. The molecule has 0 radical (unpaired) electrons. The molecular formula is C27H34N3+. The molecule has 3 nitrogen and oxygen atoms in total. The van der Waals surface area contributed by atoms with Crippen LogP contribution < -0.4 is 9.80 Å². The van der Waals surface area contributed by atoms with Crippen LogP contribution in [0.4, 0.5) is 11.4 Å². The number of hydrogen-bond acceptors (Lipinski definition) is 2. The van der Waals surface area contributed by atoms with Gasteiger partial charge in [0.1, 0.15) is 14.1 Å². The van der Waals surface area contributed by atoms with Gasteiger partial charge in [-0.15, -0.1) is 0 Å². The summed E-state index contributed by atoms with van der Waals surface area (Å²) in [6.07, 6.45) is 8.83. The van der Waals surface area contributed by atoms with Crippen molar-refractivity contribution in [1.29, 1.82) is 0 Å². The van der Waals surface area contributed by atoms with Gasteiger partial charge in [-0.25, -0.2) is 4.58 Å². The summed E-state index contributed by atoms with van der Waals surface area (Å²) in [4.78, 5) is 4.51. The molecule has 2 aromatic carbocycles. The molecule has 0 spiro atoms. The molecule has 0 aliphatic heterocycles. The first kappa shape index (κ1) is 21.6. The average molecular weight is 401 g/mol. The van der Waals surface area contributed by atoms with Gasteiger partial charge >= 0.3 is 0 Å². The Bertz CT molecular complexity index is 961. The Kier molecular flexibility index (Phi) is 6.94. The van der Waals surface area contributed by atoms with Crippen molar-refractivity contribution in [2.45, 2.75) is 13.8 Å². The van der Waals surface area contributed by atoms with Crippen LogP contribution in [0.25, 0.3) is 5.57 Å². The number of nitrogens with zero attached hydrogens (tertiary/aromatic N) is 3. The van der Waals surface area contributed by atoms with E-state index >= 15 is 0 Å². The fourth-order valence-corrected chi connectivity index (χ4v) is 3.78. The van der Waals surface area contributed by atoms with Crippen molar-refractivity contribution in [1.82, 2.24) is 0 Å². The van der Waals surface area contributed by atoms with Gasteiger partial charge in [0.15, 0.2) is 5.71 Å². The van der Waals surface area contributed by atoms with E-state index in [1.807, 2.05) is 0 Å². The first-order chi connectivity index (χ1) is 14.4. The van der Waals surface area contributed by atoms with Crippen molar-refractivity contribution >= 4 is 22.7 Å². The maximum absolute atomic E-state index is 2.38. The van der Waals surface area contributed by atoms with Crippen LogP contribution in [0.15, 0.2) is 78.4 Å². The lowest BCUT2D eigenvalue weighted by Gasteiger charge is -2.22. The van der Waals surface area contributed by atoms with Gasteiger partial charge in [-0.3, -0.25) is 0 Å². The molecule has 2 aromatic rings. The third-order valence-corrected chi connectivity index (χ3v) is 5.63. The van der Waals surface area contributed by atoms with Gasteiger partial charge < -0.3 is 9.80 Å². The zero-order chi connectivity index (χ0) is 21.7. The number of benzene rings is 2. The molecule has 3 rings (SSSR count). The van der Waals surface area contributed by atoms with E-state index in [2.05, 4.69) is 129 Å². The van der Waals surface area contributed by atoms with Gasteiger partial charge in [-0.05, 0) is 72.5 Å². The van der Waals surface area contributed by atoms with Crippen LogP contribution in [0.3, 0.4) is 0 Å². The molecule has 0 bridgehead atoms. The average Bonchev–Trinajstić information content (AvgIpc) is 2.76. The van der Waals surface area contributed by atoms with E-state index in [9.17, 15) is 0 Å². The molecular weight excluding hydrogens is 366 g/mol. The molecule has 1 aliphatic rings. The Morgan fingerprint density at radius 2 is 1.17 bits per heavy atom. The summed E-state index contributed by atoms with van der Waals surface area (Å²) in [6.45, 7) is 6.44. The minimum absolute atomic E-state index is 1.02. The van der Waals surface area contributed by atoms with Crippen LogP contribution in [0, 0.1) is 0 Å². The molecule has 0 amide bonds. The van der Waals surface area contributed by atoms with Crippen LogP contribution >= 0.6 is 0 Å². The maximum atomic E-state index is 2.38. The van der Waals surface area contributed by atoms with Gasteiger partial charge in [0.25, 0.3) is 0 Å². The molecule has 0 saturated heterocycles. The SMILES string of the molecule is CCN(CC)c1ccc(C(=C2C=CC(=[N+](C)C)C=C2)c2ccc(N(C)C)cc2)cc1. The molecule has 0 atom stereocenters. The lowest BCUT2D eigenvalue weighted by Crippen LogP contribution is -2.21. The molecule has 1 aliphatic carbocycles. The van der Waals surface area contributed by atoms with Crippen LogP contribution in [-0.4, -0.2) is 51.6 Å². The Morgan fingerprint density at radius 1 is 0.700 bits per heavy atom. The molecule has 0 unspecified atom stereocenters. The van der Waals surface area contributed by atoms with Crippen molar-refractivity contribution in [3.05, 3.63) is 89.5 Å². The normalized spacial score (nSPS) is 12.9. The Balaban J connectivity index is 2.09. The summed E-state index contributed by atoms with van der Waals surface area (Å²) in [6, 6.07) is 17.8. The lowest BCUT2D eigenvalue weighted by atomic mass is 9.90. The van der Waals surface area contributed by atoms with E-state index in [0.29, 0.717) is 0 Å².